The van der Waals surface area contributed by atoms with Crippen molar-refractivity contribution in [3.8, 4) is 0 Å². The Hall–Kier alpha value is -1.14. The summed E-state index contributed by atoms with van der Waals surface area (Å²) < 4.78 is 5.17. The lowest BCUT2D eigenvalue weighted by Crippen LogP contribution is -2.47. The van der Waals surface area contributed by atoms with Crippen molar-refractivity contribution in [2.45, 2.75) is 44.9 Å². The molecule has 0 spiro atoms. The lowest BCUT2D eigenvalue weighted by Gasteiger charge is -2.22. The summed E-state index contributed by atoms with van der Waals surface area (Å²) in [6.45, 7) is 4.45. The molecule has 0 aromatic carbocycles. The van der Waals surface area contributed by atoms with Gasteiger partial charge in [0.1, 0.15) is 0 Å². The number of carboxylic acids is 1. The number of hydrogen-bond acceptors (Lipinski definition) is 4. The zero-order chi connectivity index (χ0) is 13.7. The van der Waals surface area contributed by atoms with Gasteiger partial charge in [-0.1, -0.05) is 13.8 Å². The van der Waals surface area contributed by atoms with Crippen molar-refractivity contribution in [1.82, 2.24) is 10.6 Å². The Morgan fingerprint density at radius 3 is 2.61 bits per heavy atom. The van der Waals surface area contributed by atoms with Crippen LogP contribution in [0.4, 0.5) is 0 Å². The summed E-state index contributed by atoms with van der Waals surface area (Å²) in [4.78, 5) is 22.7. The fraction of sp³-hybridized carbons (Fsp3) is 0.833. The second-order valence-corrected chi connectivity index (χ2v) is 5.01. The molecular formula is C12H22N2O4. The Morgan fingerprint density at radius 2 is 2.17 bits per heavy atom. The van der Waals surface area contributed by atoms with Gasteiger partial charge in [0.15, 0.2) is 0 Å². The van der Waals surface area contributed by atoms with E-state index in [1.807, 2.05) is 13.8 Å². The van der Waals surface area contributed by atoms with E-state index in [-0.39, 0.29) is 36.4 Å². The van der Waals surface area contributed by atoms with Gasteiger partial charge in [-0.15, -0.1) is 0 Å². The second-order valence-electron chi connectivity index (χ2n) is 5.01. The predicted octanol–water partition coefficient (Wildman–Crippen LogP) is -0.0212. The summed E-state index contributed by atoms with van der Waals surface area (Å²) in [5, 5.41) is 14.7. The first kappa shape index (κ1) is 14.9. The van der Waals surface area contributed by atoms with Crippen LogP contribution in [0.2, 0.25) is 0 Å². The van der Waals surface area contributed by atoms with E-state index >= 15 is 0 Å². The van der Waals surface area contributed by atoms with Crippen LogP contribution in [0, 0.1) is 5.92 Å². The molecule has 6 nitrogen and oxygen atoms in total. The fourth-order valence-corrected chi connectivity index (χ4v) is 2.01. The SMILES string of the molecule is COC1CNC(C(=O)NC(CC(=O)O)C(C)C)C1. The van der Waals surface area contributed by atoms with E-state index in [1.165, 1.54) is 0 Å². The van der Waals surface area contributed by atoms with Gasteiger partial charge < -0.3 is 20.5 Å². The van der Waals surface area contributed by atoms with E-state index in [2.05, 4.69) is 10.6 Å². The average Bonchev–Trinajstić information content (AvgIpc) is 2.75. The first-order valence-corrected chi connectivity index (χ1v) is 6.22. The van der Waals surface area contributed by atoms with E-state index in [9.17, 15) is 9.59 Å². The maximum Gasteiger partial charge on any atom is 0.305 e. The van der Waals surface area contributed by atoms with E-state index in [0.29, 0.717) is 13.0 Å². The van der Waals surface area contributed by atoms with Crippen LogP contribution in [0.3, 0.4) is 0 Å². The van der Waals surface area contributed by atoms with Crippen molar-refractivity contribution in [1.29, 1.82) is 0 Å². The number of carbonyl (C=O) groups excluding carboxylic acids is 1. The summed E-state index contributed by atoms with van der Waals surface area (Å²) in [5.41, 5.74) is 0. The molecule has 1 fully saturated rings. The van der Waals surface area contributed by atoms with Crippen LogP contribution >= 0.6 is 0 Å². The molecule has 1 aliphatic rings. The molecule has 3 N–H and O–H groups in total. The van der Waals surface area contributed by atoms with E-state index in [4.69, 9.17) is 9.84 Å². The van der Waals surface area contributed by atoms with Crippen LogP contribution in [0.25, 0.3) is 0 Å². The number of methoxy groups -OCH3 is 1. The predicted molar refractivity (Wildman–Crippen MR) is 66.2 cm³/mol. The molecule has 1 heterocycles. The minimum absolute atomic E-state index is 0.0518. The number of rotatable bonds is 6. The fourth-order valence-electron chi connectivity index (χ4n) is 2.01. The summed E-state index contributed by atoms with van der Waals surface area (Å²) >= 11 is 0. The highest BCUT2D eigenvalue weighted by molar-refractivity contribution is 5.83. The molecule has 0 saturated carbocycles. The summed E-state index contributed by atoms with van der Waals surface area (Å²) in [7, 11) is 1.62. The highest BCUT2D eigenvalue weighted by atomic mass is 16.5. The Kier molecular flexibility index (Phi) is 5.55. The van der Waals surface area contributed by atoms with Gasteiger partial charge in [-0.2, -0.15) is 0 Å². The number of amides is 1. The van der Waals surface area contributed by atoms with Crippen LogP contribution in [0.1, 0.15) is 26.7 Å². The van der Waals surface area contributed by atoms with Gasteiger partial charge in [0, 0.05) is 19.7 Å². The highest BCUT2D eigenvalue weighted by Crippen LogP contribution is 2.12. The summed E-state index contributed by atoms with van der Waals surface area (Å²) in [6.07, 6.45) is 0.627. The lowest BCUT2D eigenvalue weighted by atomic mass is 10.0. The maximum atomic E-state index is 12.0. The number of hydrogen-bond donors (Lipinski definition) is 3. The second kappa shape index (κ2) is 6.70. The van der Waals surface area contributed by atoms with Gasteiger partial charge in [0.05, 0.1) is 18.6 Å². The molecule has 1 aliphatic heterocycles. The molecule has 3 unspecified atom stereocenters. The molecule has 1 rings (SSSR count). The van der Waals surface area contributed by atoms with Crippen molar-refractivity contribution >= 4 is 11.9 Å². The largest absolute Gasteiger partial charge is 0.481 e. The number of carboxylic acid groups (broad SMARTS) is 1. The quantitative estimate of drug-likeness (QED) is 0.623. The van der Waals surface area contributed by atoms with Crippen LogP contribution in [-0.4, -0.2) is 48.8 Å². The topological polar surface area (TPSA) is 87.7 Å². The third-order valence-corrected chi connectivity index (χ3v) is 3.27. The van der Waals surface area contributed by atoms with Crippen molar-refractivity contribution in [3.05, 3.63) is 0 Å². The molecule has 18 heavy (non-hydrogen) atoms. The molecule has 6 heteroatoms. The highest BCUT2D eigenvalue weighted by Gasteiger charge is 2.31. The van der Waals surface area contributed by atoms with Gasteiger partial charge in [0.25, 0.3) is 0 Å². The first-order chi connectivity index (χ1) is 8.43. The minimum Gasteiger partial charge on any atom is -0.481 e. The van der Waals surface area contributed by atoms with Gasteiger partial charge in [-0.3, -0.25) is 9.59 Å². The van der Waals surface area contributed by atoms with E-state index in [1.54, 1.807) is 7.11 Å². The van der Waals surface area contributed by atoms with E-state index in [0.717, 1.165) is 0 Å². The third-order valence-electron chi connectivity index (χ3n) is 3.27. The van der Waals surface area contributed by atoms with Crippen molar-refractivity contribution < 1.29 is 19.4 Å². The Balaban J connectivity index is 2.48. The molecule has 3 atom stereocenters. The van der Waals surface area contributed by atoms with Crippen molar-refractivity contribution in [2.75, 3.05) is 13.7 Å². The van der Waals surface area contributed by atoms with Gasteiger partial charge >= 0.3 is 5.97 Å². The molecular weight excluding hydrogens is 236 g/mol. The zero-order valence-corrected chi connectivity index (χ0v) is 11.1. The molecule has 0 aliphatic carbocycles. The lowest BCUT2D eigenvalue weighted by molar-refractivity contribution is -0.138. The molecule has 0 radical (unpaired) electrons. The monoisotopic (exact) mass is 258 g/mol. The summed E-state index contributed by atoms with van der Waals surface area (Å²) in [6, 6.07) is -0.622. The van der Waals surface area contributed by atoms with E-state index < -0.39 is 5.97 Å². The van der Waals surface area contributed by atoms with Crippen LogP contribution in [0.15, 0.2) is 0 Å². The number of carbonyl (C=O) groups is 2. The maximum absolute atomic E-state index is 12.0. The number of ether oxygens (including phenoxy) is 1. The van der Waals surface area contributed by atoms with Gasteiger partial charge in [-0.05, 0) is 12.3 Å². The summed E-state index contributed by atoms with van der Waals surface area (Å²) in [5.74, 6) is -0.956. The number of aliphatic carboxylic acids is 1. The van der Waals surface area contributed by atoms with Crippen molar-refractivity contribution in [2.24, 2.45) is 5.92 Å². The first-order valence-electron chi connectivity index (χ1n) is 6.22. The van der Waals surface area contributed by atoms with Gasteiger partial charge in [-0.25, -0.2) is 0 Å². The molecule has 0 aromatic heterocycles. The Morgan fingerprint density at radius 1 is 1.50 bits per heavy atom. The minimum atomic E-state index is -0.900. The zero-order valence-electron chi connectivity index (χ0n) is 11.1. The van der Waals surface area contributed by atoms with Crippen LogP contribution in [0.5, 0.6) is 0 Å². The van der Waals surface area contributed by atoms with Crippen LogP contribution < -0.4 is 10.6 Å². The molecule has 0 aromatic rings. The average molecular weight is 258 g/mol. The van der Waals surface area contributed by atoms with Crippen LogP contribution in [-0.2, 0) is 14.3 Å². The normalized spacial score (nSPS) is 25.1. The number of nitrogens with one attached hydrogen (secondary N) is 2. The molecule has 1 amide bonds. The van der Waals surface area contributed by atoms with Crippen molar-refractivity contribution in [3.63, 3.8) is 0 Å². The standard InChI is InChI=1S/C12H22N2O4/c1-7(2)9(5-11(15)16)14-12(17)10-4-8(18-3)6-13-10/h7-10,13H,4-6H2,1-3H3,(H,14,17)(H,15,16). The smallest absolute Gasteiger partial charge is 0.305 e. The molecule has 0 bridgehead atoms. The van der Waals surface area contributed by atoms with Gasteiger partial charge in [0.2, 0.25) is 5.91 Å². The molecule has 104 valence electrons. The Labute approximate surface area is 107 Å². The Bertz CT molecular complexity index is 306. The molecule has 1 saturated heterocycles. The third kappa shape index (κ3) is 4.27.